The largest absolute Gasteiger partial charge is 0.492 e. The van der Waals surface area contributed by atoms with Crippen LogP contribution >= 0.6 is 0 Å². The van der Waals surface area contributed by atoms with Crippen molar-refractivity contribution in [2.45, 2.75) is 19.3 Å². The Morgan fingerprint density at radius 2 is 2.00 bits per heavy atom. The summed E-state index contributed by atoms with van der Waals surface area (Å²) in [5, 5.41) is 0. The highest BCUT2D eigenvalue weighted by atomic mass is 16.5. The lowest BCUT2D eigenvalue weighted by Gasteiger charge is -2.14. The van der Waals surface area contributed by atoms with Gasteiger partial charge in [0.25, 0.3) is 0 Å². The first kappa shape index (κ1) is 6.71. The van der Waals surface area contributed by atoms with Crippen LogP contribution in [-0.4, -0.2) is 6.61 Å². The van der Waals surface area contributed by atoms with Gasteiger partial charge in [-0.15, -0.1) is 0 Å². The second-order valence-electron chi connectivity index (χ2n) is 3.67. The van der Waals surface area contributed by atoms with Gasteiger partial charge in [-0.25, -0.2) is 0 Å². The van der Waals surface area contributed by atoms with Crippen molar-refractivity contribution in [2.24, 2.45) is 0 Å². The predicted octanol–water partition coefficient (Wildman–Crippen LogP) is 2.36. The molecule has 0 atom stereocenters. The number of para-hydroxylation sites is 1. The zero-order valence-electron chi connectivity index (χ0n) is 6.92. The summed E-state index contributed by atoms with van der Waals surface area (Å²) in [5.74, 6) is 1.05. The SMILES string of the molecule is CC1(C)COc2ccccc21. The standard InChI is InChI=1S/C10H12O/c1-10(2)7-11-9-6-4-3-5-8(9)10/h3-6H,7H2,1-2H3. The molecule has 0 unspecified atom stereocenters. The predicted molar refractivity (Wildman–Crippen MR) is 45.0 cm³/mol. The van der Waals surface area contributed by atoms with Gasteiger partial charge in [-0.05, 0) is 6.07 Å². The zero-order chi connectivity index (χ0) is 7.90. The van der Waals surface area contributed by atoms with E-state index in [9.17, 15) is 0 Å². The number of fused-ring (bicyclic) bond motifs is 1. The number of rotatable bonds is 0. The van der Waals surface area contributed by atoms with Crippen LogP contribution < -0.4 is 4.74 Å². The Kier molecular flexibility index (Phi) is 1.22. The van der Waals surface area contributed by atoms with Gasteiger partial charge in [0.2, 0.25) is 0 Å². The third-order valence-electron chi connectivity index (χ3n) is 2.20. The molecule has 0 aromatic heterocycles. The third-order valence-corrected chi connectivity index (χ3v) is 2.20. The summed E-state index contributed by atoms with van der Waals surface area (Å²) in [7, 11) is 0. The van der Waals surface area contributed by atoms with Crippen molar-refractivity contribution in [3.05, 3.63) is 29.8 Å². The molecule has 1 aliphatic heterocycles. The summed E-state index contributed by atoms with van der Waals surface area (Å²) in [4.78, 5) is 0. The molecule has 0 amide bonds. The van der Waals surface area contributed by atoms with Crippen LogP contribution in [0.25, 0.3) is 0 Å². The molecule has 11 heavy (non-hydrogen) atoms. The minimum atomic E-state index is 0.205. The van der Waals surface area contributed by atoms with E-state index in [0.717, 1.165) is 12.4 Å². The monoisotopic (exact) mass is 148 g/mol. The maximum Gasteiger partial charge on any atom is 0.123 e. The van der Waals surface area contributed by atoms with Gasteiger partial charge in [0, 0.05) is 11.0 Å². The average Bonchev–Trinajstić information content (AvgIpc) is 2.29. The highest BCUT2D eigenvalue weighted by molar-refractivity contribution is 5.42. The van der Waals surface area contributed by atoms with Gasteiger partial charge in [0.1, 0.15) is 5.75 Å². The molecule has 1 aromatic carbocycles. The van der Waals surface area contributed by atoms with E-state index in [1.807, 2.05) is 12.1 Å². The Hall–Kier alpha value is -0.980. The minimum absolute atomic E-state index is 0.205. The Morgan fingerprint density at radius 3 is 2.73 bits per heavy atom. The maximum absolute atomic E-state index is 5.51. The molecule has 1 heterocycles. The summed E-state index contributed by atoms with van der Waals surface area (Å²) in [5.41, 5.74) is 1.54. The molecule has 0 radical (unpaired) electrons. The molecular formula is C10H12O. The Labute approximate surface area is 67.0 Å². The second kappa shape index (κ2) is 2.00. The van der Waals surface area contributed by atoms with Crippen molar-refractivity contribution in [2.75, 3.05) is 6.61 Å². The highest BCUT2D eigenvalue weighted by Crippen LogP contribution is 2.37. The number of benzene rings is 1. The third kappa shape index (κ3) is 0.917. The molecule has 0 saturated carbocycles. The lowest BCUT2D eigenvalue weighted by atomic mass is 9.87. The van der Waals surface area contributed by atoms with Gasteiger partial charge >= 0.3 is 0 Å². The van der Waals surface area contributed by atoms with Crippen LogP contribution in [0.1, 0.15) is 19.4 Å². The van der Waals surface area contributed by atoms with Crippen LogP contribution in [0.4, 0.5) is 0 Å². The highest BCUT2D eigenvalue weighted by Gasteiger charge is 2.30. The van der Waals surface area contributed by atoms with Gasteiger partial charge in [0.15, 0.2) is 0 Å². The smallest absolute Gasteiger partial charge is 0.123 e. The molecular weight excluding hydrogens is 136 g/mol. The van der Waals surface area contributed by atoms with E-state index in [4.69, 9.17) is 4.74 Å². The van der Waals surface area contributed by atoms with Crippen LogP contribution in [0.5, 0.6) is 5.75 Å². The average molecular weight is 148 g/mol. The molecule has 0 aliphatic carbocycles. The van der Waals surface area contributed by atoms with Gasteiger partial charge < -0.3 is 4.74 Å². The molecule has 0 spiro atoms. The van der Waals surface area contributed by atoms with Crippen LogP contribution in [0, 0.1) is 0 Å². The first-order chi connectivity index (χ1) is 5.20. The Bertz CT molecular complexity index is 276. The van der Waals surface area contributed by atoms with Crippen LogP contribution in [0.2, 0.25) is 0 Å². The van der Waals surface area contributed by atoms with Crippen molar-refractivity contribution in [3.63, 3.8) is 0 Å². The van der Waals surface area contributed by atoms with E-state index >= 15 is 0 Å². The van der Waals surface area contributed by atoms with E-state index in [0.29, 0.717) is 0 Å². The fraction of sp³-hybridized carbons (Fsp3) is 0.400. The van der Waals surface area contributed by atoms with Crippen molar-refractivity contribution < 1.29 is 4.74 Å². The molecule has 0 N–H and O–H groups in total. The molecule has 1 heteroatoms. The second-order valence-corrected chi connectivity index (χ2v) is 3.67. The van der Waals surface area contributed by atoms with Crippen LogP contribution in [0.3, 0.4) is 0 Å². The van der Waals surface area contributed by atoms with Crippen LogP contribution in [0.15, 0.2) is 24.3 Å². The van der Waals surface area contributed by atoms with E-state index in [1.54, 1.807) is 0 Å². The minimum Gasteiger partial charge on any atom is -0.492 e. The van der Waals surface area contributed by atoms with Crippen molar-refractivity contribution >= 4 is 0 Å². The first-order valence-corrected chi connectivity index (χ1v) is 3.92. The van der Waals surface area contributed by atoms with Gasteiger partial charge in [-0.2, -0.15) is 0 Å². The van der Waals surface area contributed by atoms with Crippen molar-refractivity contribution in [3.8, 4) is 5.75 Å². The maximum atomic E-state index is 5.51. The van der Waals surface area contributed by atoms with E-state index in [2.05, 4.69) is 26.0 Å². The molecule has 0 bridgehead atoms. The number of hydrogen-bond acceptors (Lipinski definition) is 1. The fourth-order valence-electron chi connectivity index (χ4n) is 1.49. The zero-order valence-corrected chi connectivity index (χ0v) is 6.92. The molecule has 1 nitrogen and oxygen atoms in total. The summed E-state index contributed by atoms with van der Waals surface area (Å²) in [6.07, 6.45) is 0. The van der Waals surface area contributed by atoms with Crippen molar-refractivity contribution in [1.82, 2.24) is 0 Å². The quantitative estimate of drug-likeness (QED) is 0.548. The lowest BCUT2D eigenvalue weighted by molar-refractivity contribution is 0.291. The van der Waals surface area contributed by atoms with E-state index < -0.39 is 0 Å². The molecule has 1 aromatic rings. The van der Waals surface area contributed by atoms with E-state index in [1.165, 1.54) is 5.56 Å². The normalized spacial score (nSPS) is 19.1. The van der Waals surface area contributed by atoms with Crippen LogP contribution in [-0.2, 0) is 5.41 Å². The first-order valence-electron chi connectivity index (χ1n) is 3.92. The molecule has 0 saturated heterocycles. The topological polar surface area (TPSA) is 9.23 Å². The number of hydrogen-bond donors (Lipinski definition) is 0. The molecule has 2 rings (SSSR count). The Balaban J connectivity index is 2.56. The molecule has 0 fully saturated rings. The number of ether oxygens (including phenoxy) is 1. The Morgan fingerprint density at radius 1 is 1.27 bits per heavy atom. The molecule has 58 valence electrons. The van der Waals surface area contributed by atoms with Crippen molar-refractivity contribution in [1.29, 1.82) is 0 Å². The lowest BCUT2D eigenvalue weighted by Crippen LogP contribution is -2.18. The summed E-state index contributed by atoms with van der Waals surface area (Å²) < 4.78 is 5.51. The molecule has 1 aliphatic rings. The fourth-order valence-corrected chi connectivity index (χ4v) is 1.49. The van der Waals surface area contributed by atoms with Gasteiger partial charge in [-0.3, -0.25) is 0 Å². The summed E-state index contributed by atoms with van der Waals surface area (Å²) >= 11 is 0. The van der Waals surface area contributed by atoms with E-state index in [-0.39, 0.29) is 5.41 Å². The van der Waals surface area contributed by atoms with Gasteiger partial charge in [-0.1, -0.05) is 32.0 Å². The summed E-state index contributed by atoms with van der Waals surface area (Å²) in [6, 6.07) is 8.25. The summed E-state index contributed by atoms with van der Waals surface area (Å²) in [6.45, 7) is 5.23. The van der Waals surface area contributed by atoms with Gasteiger partial charge in [0.05, 0.1) is 6.61 Å².